The van der Waals surface area contributed by atoms with Crippen molar-refractivity contribution in [3.63, 3.8) is 0 Å². The molecule has 3 aromatic rings. The minimum absolute atomic E-state index is 0.336. The molecule has 0 aliphatic carbocycles. The number of carbonyl (C=O) groups excluding carboxylic acids is 1. The maximum Gasteiger partial charge on any atom is 0.260 e. The van der Waals surface area contributed by atoms with Crippen molar-refractivity contribution in [3.05, 3.63) is 83.9 Å². The first-order chi connectivity index (χ1) is 16.8. The monoisotopic (exact) mass is 497 g/mol. The zero-order valence-electron chi connectivity index (χ0n) is 19.7. The van der Waals surface area contributed by atoms with Crippen molar-refractivity contribution in [1.29, 1.82) is 0 Å². The molecule has 10 heteroatoms. The number of rotatable bonds is 11. The molecule has 0 spiro atoms. The molecule has 1 N–H and O–H groups in total. The number of hydrogen-bond donors (Lipinski definition) is 1. The van der Waals surface area contributed by atoms with E-state index in [2.05, 4.69) is 10.5 Å². The second kappa shape index (κ2) is 11.9. The van der Waals surface area contributed by atoms with E-state index in [9.17, 15) is 13.2 Å². The van der Waals surface area contributed by atoms with Crippen LogP contribution < -0.4 is 23.9 Å². The normalized spacial score (nSPS) is 11.2. The van der Waals surface area contributed by atoms with Crippen molar-refractivity contribution < 1.29 is 27.4 Å². The van der Waals surface area contributed by atoms with Gasteiger partial charge < -0.3 is 14.2 Å². The largest absolute Gasteiger partial charge is 0.497 e. The van der Waals surface area contributed by atoms with E-state index in [1.165, 1.54) is 20.4 Å². The third kappa shape index (κ3) is 7.47. The number of carbonyl (C=O) groups is 1. The van der Waals surface area contributed by atoms with Gasteiger partial charge >= 0.3 is 0 Å². The van der Waals surface area contributed by atoms with E-state index in [0.717, 1.165) is 16.1 Å². The van der Waals surface area contributed by atoms with Crippen LogP contribution in [0.25, 0.3) is 0 Å². The number of anilines is 1. The van der Waals surface area contributed by atoms with Gasteiger partial charge in [0.1, 0.15) is 18.9 Å². The lowest BCUT2D eigenvalue weighted by Gasteiger charge is -2.21. The van der Waals surface area contributed by atoms with E-state index in [1.807, 2.05) is 30.3 Å². The first kappa shape index (κ1) is 25.6. The fraction of sp³-hybridized carbons (Fsp3) is 0.200. The number of sulfonamides is 1. The van der Waals surface area contributed by atoms with Crippen molar-refractivity contribution in [1.82, 2.24) is 5.43 Å². The summed E-state index contributed by atoms with van der Waals surface area (Å²) in [6.45, 7) is -0.0379. The smallest absolute Gasteiger partial charge is 0.260 e. The molecule has 0 bridgehead atoms. The lowest BCUT2D eigenvalue weighted by molar-refractivity contribution is -0.119. The van der Waals surface area contributed by atoms with Gasteiger partial charge in [-0.05, 0) is 53.6 Å². The average molecular weight is 498 g/mol. The van der Waals surface area contributed by atoms with Gasteiger partial charge in [-0.25, -0.2) is 13.8 Å². The molecule has 9 nitrogen and oxygen atoms in total. The first-order valence-electron chi connectivity index (χ1n) is 10.6. The van der Waals surface area contributed by atoms with E-state index >= 15 is 0 Å². The third-order valence-corrected chi connectivity index (χ3v) is 6.02. The van der Waals surface area contributed by atoms with Gasteiger partial charge in [-0.2, -0.15) is 5.10 Å². The van der Waals surface area contributed by atoms with Gasteiger partial charge in [-0.1, -0.05) is 30.3 Å². The molecule has 0 fully saturated rings. The molecule has 0 atom stereocenters. The summed E-state index contributed by atoms with van der Waals surface area (Å²) >= 11 is 0. The lowest BCUT2D eigenvalue weighted by Crippen LogP contribution is -2.39. The number of benzene rings is 3. The molecular weight excluding hydrogens is 470 g/mol. The second-order valence-corrected chi connectivity index (χ2v) is 9.35. The van der Waals surface area contributed by atoms with Crippen LogP contribution in [0.1, 0.15) is 11.1 Å². The van der Waals surface area contributed by atoms with Crippen LogP contribution in [-0.2, 0) is 21.4 Å². The SMILES string of the molecule is COc1ccc(N(CC(=O)N/N=C\c2ccc(OCc3ccccc3)c(OC)c2)S(C)(=O)=O)cc1. The van der Waals surface area contributed by atoms with E-state index in [4.69, 9.17) is 14.2 Å². The average Bonchev–Trinajstić information content (AvgIpc) is 2.86. The molecule has 1 amide bonds. The fourth-order valence-electron chi connectivity index (χ4n) is 3.11. The van der Waals surface area contributed by atoms with Crippen molar-refractivity contribution in [2.24, 2.45) is 5.10 Å². The number of nitrogens with one attached hydrogen (secondary N) is 1. The van der Waals surface area contributed by atoms with Gasteiger partial charge in [0.05, 0.1) is 32.4 Å². The molecule has 0 radical (unpaired) electrons. The molecule has 3 aromatic carbocycles. The van der Waals surface area contributed by atoms with E-state index in [1.54, 1.807) is 42.5 Å². The maximum absolute atomic E-state index is 12.4. The van der Waals surface area contributed by atoms with Gasteiger partial charge in [-0.15, -0.1) is 0 Å². The Labute approximate surface area is 205 Å². The maximum atomic E-state index is 12.4. The molecule has 35 heavy (non-hydrogen) atoms. The molecule has 0 saturated heterocycles. The highest BCUT2D eigenvalue weighted by Crippen LogP contribution is 2.28. The van der Waals surface area contributed by atoms with Crippen LogP contribution in [0, 0.1) is 0 Å². The highest BCUT2D eigenvalue weighted by molar-refractivity contribution is 7.92. The zero-order valence-corrected chi connectivity index (χ0v) is 20.5. The lowest BCUT2D eigenvalue weighted by atomic mass is 10.2. The number of amides is 1. The summed E-state index contributed by atoms with van der Waals surface area (Å²) in [4.78, 5) is 12.4. The summed E-state index contributed by atoms with van der Waals surface area (Å²) < 4.78 is 41.7. The molecule has 0 unspecified atom stereocenters. The van der Waals surface area contributed by atoms with Gasteiger partial charge in [0, 0.05) is 0 Å². The quantitative estimate of drug-likeness (QED) is 0.322. The number of hydrogen-bond acceptors (Lipinski definition) is 7. The first-order valence-corrected chi connectivity index (χ1v) is 12.4. The van der Waals surface area contributed by atoms with Gasteiger partial charge in [-0.3, -0.25) is 9.10 Å². The van der Waals surface area contributed by atoms with Gasteiger partial charge in [0.15, 0.2) is 11.5 Å². The predicted octanol–water partition coefficient (Wildman–Crippen LogP) is 3.20. The summed E-state index contributed by atoms with van der Waals surface area (Å²) in [6, 6.07) is 21.3. The minimum Gasteiger partial charge on any atom is -0.497 e. The molecule has 0 saturated carbocycles. The summed E-state index contributed by atoms with van der Waals surface area (Å²) in [7, 11) is -0.656. The fourth-order valence-corrected chi connectivity index (χ4v) is 3.97. The molecule has 0 aromatic heterocycles. The van der Waals surface area contributed by atoms with Crippen molar-refractivity contribution in [3.8, 4) is 17.2 Å². The second-order valence-electron chi connectivity index (χ2n) is 7.45. The summed E-state index contributed by atoms with van der Waals surface area (Å²) in [5.74, 6) is 1.06. The van der Waals surface area contributed by atoms with Crippen LogP contribution >= 0.6 is 0 Å². The number of ether oxygens (including phenoxy) is 3. The Bertz CT molecular complexity index is 1260. The Morgan fingerprint density at radius 3 is 2.31 bits per heavy atom. The molecule has 3 rings (SSSR count). The summed E-state index contributed by atoms with van der Waals surface area (Å²) in [5, 5.41) is 3.93. The Morgan fingerprint density at radius 1 is 0.971 bits per heavy atom. The van der Waals surface area contributed by atoms with E-state index in [-0.39, 0.29) is 0 Å². The standard InChI is InChI=1S/C25H27N3O6S/c1-32-22-12-10-21(11-13-22)28(35(3,30)31)17-25(29)27-26-16-20-9-14-23(24(15-20)33-2)34-18-19-7-5-4-6-8-19/h4-16H,17-18H2,1-3H3,(H,27,29)/b26-16-. The Kier molecular flexibility index (Phi) is 8.69. The molecule has 184 valence electrons. The molecule has 0 aliphatic heterocycles. The molecule has 0 aliphatic rings. The molecule has 0 heterocycles. The number of nitrogens with zero attached hydrogens (tertiary/aromatic N) is 2. The summed E-state index contributed by atoms with van der Waals surface area (Å²) in [6.07, 6.45) is 2.46. The Morgan fingerprint density at radius 2 is 1.69 bits per heavy atom. The van der Waals surface area contributed by atoms with Crippen LogP contribution in [0.4, 0.5) is 5.69 Å². The Balaban J connectivity index is 1.62. The van der Waals surface area contributed by atoms with Crippen molar-refractivity contribution in [2.45, 2.75) is 6.61 Å². The van der Waals surface area contributed by atoms with Crippen LogP contribution in [0.3, 0.4) is 0 Å². The van der Waals surface area contributed by atoms with E-state index < -0.39 is 22.5 Å². The highest BCUT2D eigenvalue weighted by Gasteiger charge is 2.20. The minimum atomic E-state index is -3.70. The van der Waals surface area contributed by atoms with E-state index in [0.29, 0.717) is 35.1 Å². The van der Waals surface area contributed by atoms with Crippen LogP contribution in [-0.4, -0.2) is 47.6 Å². The topological polar surface area (TPSA) is 107 Å². The highest BCUT2D eigenvalue weighted by atomic mass is 32.2. The molecular formula is C25H27N3O6S. The van der Waals surface area contributed by atoms with Crippen LogP contribution in [0.5, 0.6) is 17.2 Å². The third-order valence-electron chi connectivity index (χ3n) is 4.88. The Hall–Kier alpha value is -4.05. The van der Waals surface area contributed by atoms with Crippen molar-refractivity contribution in [2.75, 3.05) is 31.3 Å². The van der Waals surface area contributed by atoms with Crippen LogP contribution in [0.15, 0.2) is 77.9 Å². The van der Waals surface area contributed by atoms with Gasteiger partial charge in [0.2, 0.25) is 10.0 Å². The summed E-state index contributed by atoms with van der Waals surface area (Å²) in [5.41, 5.74) is 4.37. The number of methoxy groups -OCH3 is 2. The zero-order chi connectivity index (χ0) is 25.3. The van der Waals surface area contributed by atoms with Gasteiger partial charge in [0.25, 0.3) is 5.91 Å². The van der Waals surface area contributed by atoms with Crippen LogP contribution in [0.2, 0.25) is 0 Å². The van der Waals surface area contributed by atoms with Crippen molar-refractivity contribution >= 4 is 27.8 Å². The predicted molar refractivity (Wildman–Crippen MR) is 135 cm³/mol. The number of hydrazone groups is 1.